The summed E-state index contributed by atoms with van der Waals surface area (Å²) in [7, 11) is 1.38. The summed E-state index contributed by atoms with van der Waals surface area (Å²) >= 11 is 0. The van der Waals surface area contributed by atoms with Crippen LogP contribution in [0.3, 0.4) is 0 Å². The molecule has 0 saturated heterocycles. The number of rotatable bonds is 2. The molecule has 0 aliphatic heterocycles. The van der Waals surface area contributed by atoms with Gasteiger partial charge in [-0.15, -0.1) is 0 Å². The first kappa shape index (κ1) is 14.3. The van der Waals surface area contributed by atoms with Crippen LogP contribution >= 0.6 is 0 Å². The number of hydrogen-bond acceptors (Lipinski definition) is 3. The predicted molar refractivity (Wildman–Crippen MR) is 73.5 cm³/mol. The van der Waals surface area contributed by atoms with Crippen molar-refractivity contribution >= 4 is 12.3 Å². The molecule has 0 bridgehead atoms. The first-order valence-corrected chi connectivity index (χ1v) is 7.10. The van der Waals surface area contributed by atoms with Crippen molar-refractivity contribution in [3.05, 3.63) is 11.6 Å². The van der Waals surface area contributed by atoms with Crippen LogP contribution in [0.2, 0.25) is 0 Å². The number of ether oxygens (including phenoxy) is 1. The van der Waals surface area contributed by atoms with E-state index in [9.17, 15) is 9.59 Å². The van der Waals surface area contributed by atoms with Gasteiger partial charge in [0.05, 0.1) is 13.0 Å². The second kappa shape index (κ2) is 4.77. The van der Waals surface area contributed by atoms with E-state index in [2.05, 4.69) is 20.8 Å². The van der Waals surface area contributed by atoms with Crippen LogP contribution in [0.5, 0.6) is 0 Å². The maximum Gasteiger partial charge on any atom is 0.334 e. The zero-order valence-electron chi connectivity index (χ0n) is 12.4. The summed E-state index contributed by atoms with van der Waals surface area (Å²) in [5, 5.41) is 0. The minimum absolute atomic E-state index is 0.109. The predicted octanol–water partition coefficient (Wildman–Crippen LogP) is 3.14. The molecule has 2 aliphatic rings. The molecule has 19 heavy (non-hydrogen) atoms. The van der Waals surface area contributed by atoms with E-state index in [0.29, 0.717) is 11.5 Å². The normalized spacial score (nSPS) is 36.9. The smallest absolute Gasteiger partial charge is 0.334 e. The minimum Gasteiger partial charge on any atom is -0.466 e. The van der Waals surface area contributed by atoms with E-state index in [0.717, 1.165) is 25.5 Å². The van der Waals surface area contributed by atoms with Crippen molar-refractivity contribution in [3.8, 4) is 0 Å². The average Bonchev–Trinajstić information content (AvgIpc) is 2.35. The zero-order valence-corrected chi connectivity index (χ0v) is 12.4. The summed E-state index contributed by atoms with van der Waals surface area (Å²) in [6.07, 6.45) is 7.09. The van der Waals surface area contributed by atoms with Crippen LogP contribution in [0.1, 0.15) is 46.5 Å². The van der Waals surface area contributed by atoms with Gasteiger partial charge in [0.15, 0.2) is 0 Å². The molecule has 1 fully saturated rings. The van der Waals surface area contributed by atoms with Crippen LogP contribution < -0.4 is 0 Å². The molecule has 2 rings (SSSR count). The first-order chi connectivity index (χ1) is 8.86. The number of aldehydes is 1. The Kier molecular flexibility index (Phi) is 3.59. The fourth-order valence-electron chi connectivity index (χ4n) is 4.41. The van der Waals surface area contributed by atoms with Gasteiger partial charge in [-0.3, -0.25) is 0 Å². The third-order valence-corrected chi connectivity index (χ3v) is 5.45. The van der Waals surface area contributed by atoms with E-state index in [1.54, 1.807) is 0 Å². The molecule has 3 nitrogen and oxygen atoms in total. The standard InChI is InChI=1S/C16H24O3/c1-15(2)8-5-9-16(3)12(10-17)11(14(18)19-4)6-7-13(15)16/h6,10,12-13H,5,7-9H2,1-4H3/t12-,13?,16+/m0/s1. The van der Waals surface area contributed by atoms with Crippen molar-refractivity contribution in [2.45, 2.75) is 46.5 Å². The third-order valence-electron chi connectivity index (χ3n) is 5.45. The molecule has 3 heteroatoms. The molecule has 0 radical (unpaired) electrons. The van der Waals surface area contributed by atoms with Gasteiger partial charge in [-0.2, -0.15) is 0 Å². The van der Waals surface area contributed by atoms with E-state index < -0.39 is 0 Å². The van der Waals surface area contributed by atoms with Crippen LogP contribution in [-0.4, -0.2) is 19.4 Å². The number of carbonyl (C=O) groups is 2. The van der Waals surface area contributed by atoms with E-state index in [1.807, 2.05) is 6.08 Å². The molecule has 2 aliphatic carbocycles. The summed E-state index contributed by atoms with van der Waals surface area (Å²) in [6.45, 7) is 6.75. The summed E-state index contributed by atoms with van der Waals surface area (Å²) in [4.78, 5) is 23.5. The number of esters is 1. The number of allylic oxidation sites excluding steroid dienone is 1. The van der Waals surface area contributed by atoms with Crippen molar-refractivity contribution in [3.63, 3.8) is 0 Å². The molecule has 0 amide bonds. The lowest BCUT2D eigenvalue weighted by molar-refractivity contribution is -0.141. The molecule has 0 heterocycles. The average molecular weight is 264 g/mol. The Labute approximate surface area is 115 Å². The monoisotopic (exact) mass is 264 g/mol. The van der Waals surface area contributed by atoms with Gasteiger partial charge in [0.25, 0.3) is 0 Å². The van der Waals surface area contributed by atoms with Crippen molar-refractivity contribution in [1.82, 2.24) is 0 Å². The SMILES string of the molecule is COC(=O)C1=CCC2C(C)(C)CCC[C@]2(C)[C@H]1C=O. The Balaban J connectivity index is 2.44. The topological polar surface area (TPSA) is 43.4 Å². The molecule has 0 aromatic carbocycles. The highest BCUT2D eigenvalue weighted by atomic mass is 16.5. The quantitative estimate of drug-likeness (QED) is 0.568. The van der Waals surface area contributed by atoms with Crippen LogP contribution in [0.15, 0.2) is 11.6 Å². The van der Waals surface area contributed by atoms with E-state index >= 15 is 0 Å². The number of hydrogen-bond donors (Lipinski definition) is 0. The van der Waals surface area contributed by atoms with Gasteiger partial charge in [0, 0.05) is 5.57 Å². The maximum atomic E-state index is 11.9. The minimum atomic E-state index is -0.347. The lowest BCUT2D eigenvalue weighted by Gasteiger charge is -2.55. The van der Waals surface area contributed by atoms with Gasteiger partial charge >= 0.3 is 5.97 Å². The number of methoxy groups -OCH3 is 1. The van der Waals surface area contributed by atoms with Crippen molar-refractivity contribution in [1.29, 1.82) is 0 Å². The number of fused-ring (bicyclic) bond motifs is 1. The molecule has 1 unspecified atom stereocenters. The van der Waals surface area contributed by atoms with Gasteiger partial charge in [-0.25, -0.2) is 4.79 Å². The molecular formula is C16H24O3. The second-order valence-corrected chi connectivity index (χ2v) is 6.90. The molecule has 0 N–H and O–H groups in total. The molecule has 0 spiro atoms. The Morgan fingerprint density at radius 1 is 1.37 bits per heavy atom. The van der Waals surface area contributed by atoms with Crippen LogP contribution in [-0.2, 0) is 14.3 Å². The molecule has 3 atom stereocenters. The number of carbonyl (C=O) groups excluding carboxylic acids is 2. The highest BCUT2D eigenvalue weighted by molar-refractivity contribution is 5.93. The van der Waals surface area contributed by atoms with Crippen LogP contribution in [0.4, 0.5) is 0 Å². The third kappa shape index (κ3) is 2.13. The van der Waals surface area contributed by atoms with Crippen LogP contribution in [0.25, 0.3) is 0 Å². The fraction of sp³-hybridized carbons (Fsp3) is 0.750. The summed E-state index contributed by atoms with van der Waals surface area (Å²) in [5.41, 5.74) is 0.683. The first-order valence-electron chi connectivity index (χ1n) is 7.10. The largest absolute Gasteiger partial charge is 0.466 e. The Morgan fingerprint density at radius 3 is 2.63 bits per heavy atom. The van der Waals surface area contributed by atoms with Gasteiger partial charge < -0.3 is 9.53 Å². The maximum absolute atomic E-state index is 11.9. The van der Waals surface area contributed by atoms with Gasteiger partial charge in [-0.1, -0.05) is 33.3 Å². The fourth-order valence-corrected chi connectivity index (χ4v) is 4.41. The molecular weight excluding hydrogens is 240 g/mol. The van der Waals surface area contributed by atoms with Crippen molar-refractivity contribution < 1.29 is 14.3 Å². The lowest BCUT2D eigenvalue weighted by Crippen LogP contribution is -2.50. The second-order valence-electron chi connectivity index (χ2n) is 6.90. The summed E-state index contributed by atoms with van der Waals surface area (Å²) in [5.74, 6) is -0.212. The molecule has 0 aromatic heterocycles. The van der Waals surface area contributed by atoms with Crippen molar-refractivity contribution in [2.24, 2.45) is 22.7 Å². The van der Waals surface area contributed by atoms with E-state index in [-0.39, 0.29) is 22.7 Å². The Morgan fingerprint density at radius 2 is 2.05 bits per heavy atom. The summed E-state index contributed by atoms with van der Waals surface area (Å²) in [6, 6.07) is 0. The van der Waals surface area contributed by atoms with Gasteiger partial charge in [0.2, 0.25) is 0 Å². The lowest BCUT2D eigenvalue weighted by atomic mass is 9.49. The Bertz CT molecular complexity index is 422. The van der Waals surface area contributed by atoms with E-state index in [1.165, 1.54) is 13.5 Å². The molecule has 1 saturated carbocycles. The Hall–Kier alpha value is -1.12. The van der Waals surface area contributed by atoms with Gasteiger partial charge in [-0.05, 0) is 36.0 Å². The van der Waals surface area contributed by atoms with Crippen molar-refractivity contribution in [2.75, 3.05) is 7.11 Å². The summed E-state index contributed by atoms with van der Waals surface area (Å²) < 4.78 is 4.83. The highest BCUT2D eigenvalue weighted by Gasteiger charge is 2.53. The molecule has 106 valence electrons. The highest BCUT2D eigenvalue weighted by Crippen LogP contribution is 2.59. The van der Waals surface area contributed by atoms with E-state index in [4.69, 9.17) is 4.74 Å². The van der Waals surface area contributed by atoms with Gasteiger partial charge in [0.1, 0.15) is 6.29 Å². The molecule has 0 aromatic rings. The zero-order chi connectivity index (χ0) is 14.3. The van der Waals surface area contributed by atoms with Crippen LogP contribution in [0, 0.1) is 22.7 Å².